The summed E-state index contributed by atoms with van der Waals surface area (Å²) < 4.78 is 12.5. The van der Waals surface area contributed by atoms with E-state index in [0.717, 1.165) is 11.1 Å². The number of rotatable bonds is 5. The first-order valence-electron chi connectivity index (χ1n) is 12.8. The minimum Gasteiger partial charge on any atom is -0.444 e. The van der Waals surface area contributed by atoms with Gasteiger partial charge in [0.25, 0.3) is 0 Å². The number of alkyl carbamates (subject to hydrolysis) is 1. The van der Waals surface area contributed by atoms with Gasteiger partial charge in [-0.2, -0.15) is 10.1 Å². The molecule has 0 spiro atoms. The van der Waals surface area contributed by atoms with Crippen molar-refractivity contribution in [3.8, 4) is 11.3 Å². The molecule has 210 valence electrons. The fourth-order valence-electron chi connectivity index (χ4n) is 3.80. The number of amides is 2. The summed E-state index contributed by atoms with van der Waals surface area (Å²) in [6.07, 6.45) is 0.531. The summed E-state index contributed by atoms with van der Waals surface area (Å²) in [5.74, 6) is 0.451. The van der Waals surface area contributed by atoms with Gasteiger partial charge in [0.2, 0.25) is 0 Å². The van der Waals surface area contributed by atoms with E-state index in [-0.39, 0.29) is 12.3 Å². The summed E-state index contributed by atoms with van der Waals surface area (Å²) >= 11 is 0. The van der Waals surface area contributed by atoms with E-state index < -0.39 is 28.9 Å². The molecule has 0 radical (unpaired) electrons. The molecule has 3 N–H and O–H groups in total. The van der Waals surface area contributed by atoms with Gasteiger partial charge in [0.15, 0.2) is 5.65 Å². The standard InChI is InChI=1S/C28H39N7O4/c1-17-10-12-18(13-11-17)21-20-22(29)30-16-31-23(20)35(34-21)28(8,9)15-14-19(32-24(36)38-26(2,3)4)33-25(37)39-27(5,6)7/h10-13,16H,14-15H2,1-9H3,(H2,29,30,31)(H,32,33,36,37). The largest absolute Gasteiger partial charge is 0.444 e. The average Bonchev–Trinajstić information content (AvgIpc) is 3.17. The minimum absolute atomic E-state index is 0.121. The lowest BCUT2D eigenvalue weighted by atomic mass is 9.98. The Balaban J connectivity index is 1.95. The zero-order chi connectivity index (χ0) is 29.2. The summed E-state index contributed by atoms with van der Waals surface area (Å²) in [4.78, 5) is 37.7. The summed E-state index contributed by atoms with van der Waals surface area (Å²) in [7, 11) is 0. The Bertz CT molecular complexity index is 1380. The summed E-state index contributed by atoms with van der Waals surface area (Å²) in [6.45, 7) is 16.5. The summed E-state index contributed by atoms with van der Waals surface area (Å²) in [5.41, 5.74) is 7.45. The minimum atomic E-state index is -0.807. The van der Waals surface area contributed by atoms with Crippen LogP contribution in [0.25, 0.3) is 22.3 Å². The molecule has 11 heteroatoms. The van der Waals surface area contributed by atoms with Gasteiger partial charge < -0.3 is 15.2 Å². The zero-order valence-corrected chi connectivity index (χ0v) is 24.2. The van der Waals surface area contributed by atoms with Gasteiger partial charge in [0, 0.05) is 12.0 Å². The number of carbonyl (C=O) groups is 2. The number of anilines is 1. The van der Waals surface area contributed by atoms with Gasteiger partial charge >= 0.3 is 12.2 Å². The maximum absolute atomic E-state index is 12.5. The fraction of sp³-hybridized carbons (Fsp3) is 0.500. The number of aliphatic imine (C=N–C) groups is 1. The normalized spacial score (nSPS) is 12.9. The Labute approximate surface area is 229 Å². The van der Waals surface area contributed by atoms with Gasteiger partial charge in [-0.05, 0) is 68.7 Å². The maximum atomic E-state index is 12.5. The number of benzene rings is 1. The van der Waals surface area contributed by atoms with E-state index in [1.807, 2.05) is 45.0 Å². The van der Waals surface area contributed by atoms with Gasteiger partial charge in [-0.25, -0.2) is 24.2 Å². The van der Waals surface area contributed by atoms with E-state index in [4.69, 9.17) is 20.3 Å². The highest BCUT2D eigenvalue weighted by atomic mass is 16.6. The summed E-state index contributed by atoms with van der Waals surface area (Å²) in [5, 5.41) is 8.18. The molecule has 2 aromatic heterocycles. The second-order valence-electron chi connectivity index (χ2n) is 12.1. The molecule has 0 saturated carbocycles. The number of hydrogen-bond donors (Lipinski definition) is 2. The third-order valence-electron chi connectivity index (χ3n) is 5.63. The molecule has 3 rings (SSSR count). The van der Waals surface area contributed by atoms with E-state index in [2.05, 4.69) is 20.3 Å². The lowest BCUT2D eigenvalue weighted by Crippen LogP contribution is -2.38. The first kappa shape index (κ1) is 29.5. The smallest absolute Gasteiger partial charge is 0.435 e. The van der Waals surface area contributed by atoms with Crippen LogP contribution in [-0.2, 0) is 15.0 Å². The monoisotopic (exact) mass is 537 g/mol. The van der Waals surface area contributed by atoms with Gasteiger partial charge in [-0.15, -0.1) is 0 Å². The number of amidine groups is 1. The van der Waals surface area contributed by atoms with Crippen molar-refractivity contribution in [1.82, 2.24) is 25.1 Å². The molecular weight excluding hydrogens is 498 g/mol. The number of nitrogens with one attached hydrogen (secondary N) is 1. The second kappa shape index (κ2) is 11.0. The first-order chi connectivity index (χ1) is 17.9. The van der Waals surface area contributed by atoms with Crippen LogP contribution in [-0.4, -0.2) is 49.0 Å². The molecule has 0 bridgehead atoms. The van der Waals surface area contributed by atoms with E-state index in [9.17, 15) is 9.59 Å². The Morgan fingerprint density at radius 2 is 1.59 bits per heavy atom. The van der Waals surface area contributed by atoms with Crippen molar-refractivity contribution in [2.24, 2.45) is 4.99 Å². The number of nitrogen functional groups attached to an aromatic ring is 1. The van der Waals surface area contributed by atoms with Gasteiger partial charge in [0.05, 0.1) is 10.9 Å². The van der Waals surface area contributed by atoms with Crippen LogP contribution in [0.3, 0.4) is 0 Å². The molecule has 0 unspecified atom stereocenters. The van der Waals surface area contributed by atoms with E-state index in [1.165, 1.54) is 6.33 Å². The average molecular weight is 538 g/mol. The Morgan fingerprint density at radius 1 is 0.974 bits per heavy atom. The number of ether oxygens (including phenoxy) is 2. The van der Waals surface area contributed by atoms with E-state index >= 15 is 0 Å². The lowest BCUT2D eigenvalue weighted by Gasteiger charge is -2.26. The molecule has 39 heavy (non-hydrogen) atoms. The number of aromatic nitrogens is 4. The molecule has 0 aliphatic heterocycles. The molecule has 3 aromatic rings. The van der Waals surface area contributed by atoms with E-state index in [1.54, 1.807) is 46.2 Å². The van der Waals surface area contributed by atoms with Gasteiger partial charge in [-0.3, -0.25) is 5.32 Å². The van der Waals surface area contributed by atoms with Crippen LogP contribution in [0.1, 0.15) is 73.8 Å². The molecule has 11 nitrogen and oxygen atoms in total. The topological polar surface area (TPSA) is 147 Å². The molecule has 0 atom stereocenters. The predicted octanol–water partition coefficient (Wildman–Crippen LogP) is 5.76. The van der Waals surface area contributed by atoms with Crippen molar-refractivity contribution < 1.29 is 19.1 Å². The molecule has 2 heterocycles. The second-order valence-corrected chi connectivity index (χ2v) is 12.1. The maximum Gasteiger partial charge on any atom is 0.435 e. The first-order valence-corrected chi connectivity index (χ1v) is 12.8. The number of carbonyl (C=O) groups excluding carboxylic acids is 2. The molecule has 0 saturated heterocycles. The van der Waals surface area contributed by atoms with Crippen molar-refractivity contribution in [2.75, 3.05) is 5.73 Å². The molecule has 0 aliphatic carbocycles. The van der Waals surface area contributed by atoms with Crippen molar-refractivity contribution in [2.45, 2.75) is 91.9 Å². The quantitative estimate of drug-likeness (QED) is 0.308. The van der Waals surface area contributed by atoms with Crippen molar-refractivity contribution in [1.29, 1.82) is 0 Å². The SMILES string of the molecule is Cc1ccc(-c2nn(C(C)(C)CCC(=NC(=O)OC(C)(C)C)NC(=O)OC(C)(C)C)c3ncnc(N)c23)cc1. The number of aryl methyl sites for hydroxylation is 1. The van der Waals surface area contributed by atoms with E-state index in [0.29, 0.717) is 29.0 Å². The molecule has 0 fully saturated rings. The van der Waals surface area contributed by atoms with Crippen LogP contribution < -0.4 is 11.1 Å². The van der Waals surface area contributed by atoms with Gasteiger partial charge in [0.1, 0.15) is 34.9 Å². The Hall–Kier alpha value is -4.02. The van der Waals surface area contributed by atoms with Crippen molar-refractivity contribution in [3.05, 3.63) is 36.2 Å². The van der Waals surface area contributed by atoms with Gasteiger partial charge in [-0.1, -0.05) is 29.8 Å². The fourth-order valence-corrected chi connectivity index (χ4v) is 3.80. The Kier molecular flexibility index (Phi) is 8.33. The third-order valence-corrected chi connectivity index (χ3v) is 5.63. The summed E-state index contributed by atoms with van der Waals surface area (Å²) in [6, 6.07) is 7.98. The highest BCUT2D eigenvalue weighted by Gasteiger charge is 2.29. The van der Waals surface area contributed by atoms with Crippen LogP contribution >= 0.6 is 0 Å². The number of nitrogens with zero attached hydrogens (tertiary/aromatic N) is 5. The van der Waals surface area contributed by atoms with Crippen LogP contribution in [0.4, 0.5) is 15.4 Å². The molecule has 0 aliphatic rings. The zero-order valence-electron chi connectivity index (χ0n) is 24.2. The van der Waals surface area contributed by atoms with Crippen molar-refractivity contribution >= 4 is 34.9 Å². The van der Waals surface area contributed by atoms with Crippen LogP contribution in [0, 0.1) is 6.92 Å². The molecule has 1 aromatic carbocycles. The highest BCUT2D eigenvalue weighted by molar-refractivity contribution is 6.00. The van der Waals surface area contributed by atoms with Crippen LogP contribution in [0.2, 0.25) is 0 Å². The molecule has 2 amide bonds. The number of nitrogens with two attached hydrogens (primary N) is 1. The lowest BCUT2D eigenvalue weighted by molar-refractivity contribution is 0.0560. The highest BCUT2D eigenvalue weighted by Crippen LogP contribution is 2.34. The Morgan fingerprint density at radius 3 is 2.18 bits per heavy atom. The predicted molar refractivity (Wildman–Crippen MR) is 152 cm³/mol. The number of fused-ring (bicyclic) bond motifs is 1. The van der Waals surface area contributed by atoms with Crippen molar-refractivity contribution in [3.63, 3.8) is 0 Å². The number of hydrogen-bond acceptors (Lipinski definition) is 8. The van der Waals surface area contributed by atoms with Crippen LogP contribution in [0.5, 0.6) is 0 Å². The van der Waals surface area contributed by atoms with Crippen LogP contribution in [0.15, 0.2) is 35.6 Å². The third kappa shape index (κ3) is 7.98. The molecular formula is C28H39N7O4.